The van der Waals surface area contributed by atoms with Crippen molar-refractivity contribution in [3.63, 3.8) is 0 Å². The number of nitrogens with one attached hydrogen (secondary N) is 1. The van der Waals surface area contributed by atoms with Gasteiger partial charge in [0.2, 0.25) is 5.28 Å². The number of hydrogen-bond acceptors (Lipinski definition) is 3. The summed E-state index contributed by atoms with van der Waals surface area (Å²) in [6.07, 6.45) is 6.65. The molecule has 1 aliphatic carbocycles. The van der Waals surface area contributed by atoms with E-state index in [1.54, 1.807) is 6.20 Å². The molecule has 1 aromatic heterocycles. The number of anilines is 1. The number of nitrogens with zero attached hydrogens (tertiary/aromatic N) is 2. The van der Waals surface area contributed by atoms with E-state index in [-0.39, 0.29) is 5.54 Å². The molecule has 82 valence electrons. The van der Waals surface area contributed by atoms with Gasteiger partial charge in [-0.25, -0.2) is 9.97 Å². The van der Waals surface area contributed by atoms with Gasteiger partial charge in [0.05, 0.1) is 0 Å². The molecule has 0 radical (unpaired) electrons. The molecule has 15 heavy (non-hydrogen) atoms. The highest BCUT2D eigenvalue weighted by molar-refractivity contribution is 6.28. The lowest BCUT2D eigenvalue weighted by Gasteiger charge is -2.42. The minimum atomic E-state index is 0.252. The smallest absolute Gasteiger partial charge is 0.224 e. The van der Waals surface area contributed by atoms with Crippen LogP contribution in [-0.4, -0.2) is 15.5 Å². The minimum Gasteiger partial charge on any atom is -0.364 e. The normalized spacial score (nSPS) is 18.3. The van der Waals surface area contributed by atoms with Gasteiger partial charge in [-0.05, 0) is 44.2 Å². The SMILES string of the molecule is CCC1(Nc2nc(Cl)ncc2C)CCC1. The highest BCUT2D eigenvalue weighted by Gasteiger charge is 2.35. The Morgan fingerprint density at radius 2 is 2.27 bits per heavy atom. The van der Waals surface area contributed by atoms with E-state index < -0.39 is 0 Å². The van der Waals surface area contributed by atoms with Crippen molar-refractivity contribution in [1.82, 2.24) is 9.97 Å². The van der Waals surface area contributed by atoms with E-state index >= 15 is 0 Å². The van der Waals surface area contributed by atoms with Crippen LogP contribution < -0.4 is 5.32 Å². The van der Waals surface area contributed by atoms with Gasteiger partial charge in [-0.3, -0.25) is 0 Å². The van der Waals surface area contributed by atoms with Crippen LogP contribution in [0.25, 0.3) is 0 Å². The van der Waals surface area contributed by atoms with Crippen LogP contribution in [-0.2, 0) is 0 Å². The van der Waals surface area contributed by atoms with Gasteiger partial charge in [-0.1, -0.05) is 6.92 Å². The van der Waals surface area contributed by atoms with Crippen molar-refractivity contribution in [2.45, 2.75) is 45.1 Å². The third-order valence-corrected chi connectivity index (χ3v) is 3.50. The number of aromatic nitrogens is 2. The zero-order valence-corrected chi connectivity index (χ0v) is 9.93. The third kappa shape index (κ3) is 2.07. The Labute approximate surface area is 95.3 Å². The van der Waals surface area contributed by atoms with Crippen molar-refractivity contribution < 1.29 is 0 Å². The van der Waals surface area contributed by atoms with Gasteiger partial charge < -0.3 is 5.32 Å². The van der Waals surface area contributed by atoms with Crippen LogP contribution in [0, 0.1) is 6.92 Å². The van der Waals surface area contributed by atoms with Crippen LogP contribution in [0.4, 0.5) is 5.82 Å². The van der Waals surface area contributed by atoms with Gasteiger partial charge in [0.25, 0.3) is 0 Å². The maximum Gasteiger partial charge on any atom is 0.224 e. The zero-order valence-electron chi connectivity index (χ0n) is 9.18. The molecule has 1 fully saturated rings. The van der Waals surface area contributed by atoms with Crippen LogP contribution in [0.15, 0.2) is 6.20 Å². The summed E-state index contributed by atoms with van der Waals surface area (Å²) in [5.74, 6) is 0.886. The van der Waals surface area contributed by atoms with E-state index in [9.17, 15) is 0 Å². The maximum absolute atomic E-state index is 5.79. The van der Waals surface area contributed by atoms with E-state index in [4.69, 9.17) is 11.6 Å². The largest absolute Gasteiger partial charge is 0.364 e. The summed E-state index contributed by atoms with van der Waals surface area (Å²) in [7, 11) is 0. The van der Waals surface area contributed by atoms with Crippen LogP contribution in [0.2, 0.25) is 5.28 Å². The molecular weight excluding hydrogens is 210 g/mol. The number of aryl methyl sites for hydroxylation is 1. The Morgan fingerprint density at radius 1 is 1.53 bits per heavy atom. The fourth-order valence-corrected chi connectivity index (χ4v) is 2.10. The van der Waals surface area contributed by atoms with Gasteiger partial charge in [-0.15, -0.1) is 0 Å². The quantitative estimate of drug-likeness (QED) is 0.803. The lowest BCUT2D eigenvalue weighted by molar-refractivity contribution is 0.268. The van der Waals surface area contributed by atoms with Gasteiger partial charge in [-0.2, -0.15) is 0 Å². The molecule has 1 heterocycles. The van der Waals surface area contributed by atoms with Crippen molar-refractivity contribution in [1.29, 1.82) is 0 Å². The summed E-state index contributed by atoms with van der Waals surface area (Å²) < 4.78 is 0. The molecule has 0 aromatic carbocycles. The second-order valence-corrected chi connectivity index (χ2v) is 4.62. The molecule has 0 amide bonds. The maximum atomic E-state index is 5.79. The van der Waals surface area contributed by atoms with E-state index in [1.165, 1.54) is 19.3 Å². The van der Waals surface area contributed by atoms with E-state index in [0.29, 0.717) is 5.28 Å². The summed E-state index contributed by atoms with van der Waals surface area (Å²) in [5.41, 5.74) is 1.31. The highest BCUT2D eigenvalue weighted by atomic mass is 35.5. The lowest BCUT2D eigenvalue weighted by Crippen LogP contribution is -2.44. The van der Waals surface area contributed by atoms with Gasteiger partial charge in [0.15, 0.2) is 0 Å². The van der Waals surface area contributed by atoms with Crippen LogP contribution in [0.5, 0.6) is 0 Å². The fraction of sp³-hybridized carbons (Fsp3) is 0.636. The van der Waals surface area contributed by atoms with Crippen molar-refractivity contribution in [3.05, 3.63) is 17.0 Å². The van der Waals surface area contributed by atoms with Crippen molar-refractivity contribution >= 4 is 17.4 Å². The van der Waals surface area contributed by atoms with Crippen LogP contribution >= 0.6 is 11.6 Å². The van der Waals surface area contributed by atoms with Gasteiger partial charge >= 0.3 is 0 Å². The molecule has 1 saturated carbocycles. The van der Waals surface area contributed by atoms with Crippen molar-refractivity contribution in [2.75, 3.05) is 5.32 Å². The molecule has 1 aromatic rings. The molecule has 3 nitrogen and oxygen atoms in total. The molecule has 0 atom stereocenters. The topological polar surface area (TPSA) is 37.8 Å². The van der Waals surface area contributed by atoms with Gasteiger partial charge in [0, 0.05) is 17.3 Å². The molecule has 1 N–H and O–H groups in total. The Hall–Kier alpha value is -0.830. The molecule has 0 spiro atoms. The summed E-state index contributed by atoms with van der Waals surface area (Å²) in [4.78, 5) is 8.18. The minimum absolute atomic E-state index is 0.252. The average molecular weight is 226 g/mol. The average Bonchev–Trinajstić information content (AvgIpc) is 2.17. The molecular formula is C11H16ClN3. The molecule has 4 heteroatoms. The van der Waals surface area contributed by atoms with Crippen LogP contribution in [0.3, 0.4) is 0 Å². The van der Waals surface area contributed by atoms with E-state index in [0.717, 1.165) is 17.8 Å². The van der Waals surface area contributed by atoms with Crippen LogP contribution in [0.1, 0.15) is 38.2 Å². The first-order valence-electron chi connectivity index (χ1n) is 5.42. The second kappa shape index (κ2) is 3.97. The Bertz CT molecular complexity index is 355. The van der Waals surface area contributed by atoms with Crippen molar-refractivity contribution in [2.24, 2.45) is 0 Å². The summed E-state index contributed by atoms with van der Waals surface area (Å²) in [5, 5.41) is 3.83. The first-order valence-corrected chi connectivity index (χ1v) is 5.80. The number of halogens is 1. The molecule has 2 rings (SSSR count). The first-order chi connectivity index (χ1) is 7.15. The standard InChI is InChI=1S/C11H16ClN3/c1-3-11(5-4-6-11)15-9-8(2)7-13-10(12)14-9/h7H,3-6H2,1-2H3,(H,13,14,15). The third-order valence-electron chi connectivity index (χ3n) is 3.31. The predicted octanol–water partition coefficient (Wildman–Crippen LogP) is 3.18. The van der Waals surface area contributed by atoms with E-state index in [2.05, 4.69) is 22.2 Å². The lowest BCUT2D eigenvalue weighted by atomic mass is 9.75. The first kappa shape index (κ1) is 10.7. The molecule has 0 saturated heterocycles. The Morgan fingerprint density at radius 3 is 2.80 bits per heavy atom. The summed E-state index contributed by atoms with van der Waals surface area (Å²) in [6.45, 7) is 4.21. The zero-order chi connectivity index (χ0) is 10.9. The molecule has 1 aliphatic rings. The number of rotatable bonds is 3. The Kier molecular flexibility index (Phi) is 2.83. The summed E-state index contributed by atoms with van der Waals surface area (Å²) >= 11 is 5.79. The molecule has 0 bridgehead atoms. The summed E-state index contributed by atoms with van der Waals surface area (Å²) in [6, 6.07) is 0. The number of hydrogen-bond donors (Lipinski definition) is 1. The van der Waals surface area contributed by atoms with Crippen molar-refractivity contribution in [3.8, 4) is 0 Å². The predicted molar refractivity (Wildman–Crippen MR) is 62.3 cm³/mol. The van der Waals surface area contributed by atoms with E-state index in [1.807, 2.05) is 6.92 Å². The fourth-order valence-electron chi connectivity index (χ4n) is 1.97. The highest BCUT2D eigenvalue weighted by Crippen LogP contribution is 2.38. The van der Waals surface area contributed by atoms with Gasteiger partial charge in [0.1, 0.15) is 5.82 Å². The monoisotopic (exact) mass is 225 g/mol. The molecule has 0 unspecified atom stereocenters. The molecule has 0 aliphatic heterocycles. The second-order valence-electron chi connectivity index (χ2n) is 4.28. The Balaban J connectivity index is 2.19.